The summed E-state index contributed by atoms with van der Waals surface area (Å²) in [6.07, 6.45) is 0. The number of hydrogen-bond donors (Lipinski definition) is 4. The summed E-state index contributed by atoms with van der Waals surface area (Å²) >= 11 is 0. The average molecular weight is 265 g/mol. The number of carboxylic acid groups (broad SMARTS) is 1. The van der Waals surface area contributed by atoms with Crippen molar-refractivity contribution in [2.75, 3.05) is 18.5 Å². The van der Waals surface area contributed by atoms with Crippen LogP contribution in [0.2, 0.25) is 0 Å². The molecule has 19 heavy (non-hydrogen) atoms. The molecular weight excluding hydrogens is 254 g/mol. The van der Waals surface area contributed by atoms with Crippen molar-refractivity contribution in [1.29, 1.82) is 0 Å². The number of benzene rings is 1. The van der Waals surface area contributed by atoms with E-state index in [1.54, 1.807) is 18.2 Å². The Hall–Kier alpha value is -2.61. The number of anilines is 1. The highest BCUT2D eigenvalue weighted by atomic mass is 16.5. The van der Waals surface area contributed by atoms with Gasteiger partial charge in [0.15, 0.2) is 0 Å². The third-order valence-electron chi connectivity index (χ3n) is 2.26. The number of aromatic nitrogens is 2. The van der Waals surface area contributed by atoms with Gasteiger partial charge in [0.1, 0.15) is 13.2 Å². The van der Waals surface area contributed by atoms with Crippen molar-refractivity contribution >= 4 is 28.6 Å². The van der Waals surface area contributed by atoms with Crippen molar-refractivity contribution in [2.24, 2.45) is 0 Å². The Morgan fingerprint density at radius 2 is 1.95 bits per heavy atom. The lowest BCUT2D eigenvalue weighted by molar-refractivity contribution is -0.143. The molecule has 0 aliphatic carbocycles. The Balaban J connectivity index is 1.98. The molecule has 0 fully saturated rings. The van der Waals surface area contributed by atoms with Crippen molar-refractivity contribution in [3.05, 3.63) is 28.7 Å². The van der Waals surface area contributed by atoms with Crippen LogP contribution in [-0.2, 0) is 14.3 Å². The molecule has 1 aromatic carbocycles. The standard InChI is InChI=1S/C11H11N3O5/c15-9(4-19-5-10(16)17)12-6-1-2-7-8(3-6)14-11(18)13-7/h1-3H,4-5H2,(H,12,15)(H,16,17)(H2,13,14,18). The highest BCUT2D eigenvalue weighted by Crippen LogP contribution is 2.14. The Morgan fingerprint density at radius 3 is 2.68 bits per heavy atom. The van der Waals surface area contributed by atoms with Crippen LogP contribution in [0.1, 0.15) is 0 Å². The topological polar surface area (TPSA) is 124 Å². The molecule has 0 aliphatic heterocycles. The predicted molar refractivity (Wildman–Crippen MR) is 66.0 cm³/mol. The molecule has 2 rings (SSSR count). The van der Waals surface area contributed by atoms with Gasteiger partial charge in [0, 0.05) is 5.69 Å². The summed E-state index contributed by atoms with van der Waals surface area (Å²) in [6, 6.07) is 4.84. The van der Waals surface area contributed by atoms with E-state index in [1.807, 2.05) is 0 Å². The van der Waals surface area contributed by atoms with Gasteiger partial charge in [-0.3, -0.25) is 4.79 Å². The number of imidazole rings is 1. The maximum absolute atomic E-state index is 11.4. The summed E-state index contributed by atoms with van der Waals surface area (Å²) in [5, 5.41) is 10.9. The van der Waals surface area contributed by atoms with E-state index < -0.39 is 18.5 Å². The van der Waals surface area contributed by atoms with Gasteiger partial charge < -0.3 is 25.1 Å². The van der Waals surface area contributed by atoms with Crippen molar-refractivity contribution in [3.8, 4) is 0 Å². The largest absolute Gasteiger partial charge is 0.480 e. The minimum atomic E-state index is -1.14. The second kappa shape index (κ2) is 5.36. The summed E-state index contributed by atoms with van der Waals surface area (Å²) in [5.41, 5.74) is 1.34. The molecule has 1 heterocycles. The van der Waals surface area contributed by atoms with Crippen molar-refractivity contribution < 1.29 is 19.4 Å². The number of aromatic amines is 2. The molecule has 0 aliphatic rings. The third kappa shape index (κ3) is 3.42. The molecule has 0 spiro atoms. The van der Waals surface area contributed by atoms with Gasteiger partial charge in [-0.25, -0.2) is 9.59 Å². The van der Waals surface area contributed by atoms with Crippen LogP contribution < -0.4 is 11.0 Å². The molecular formula is C11H11N3O5. The number of carboxylic acids is 1. The zero-order chi connectivity index (χ0) is 13.8. The van der Waals surface area contributed by atoms with E-state index in [1.165, 1.54) is 0 Å². The number of carbonyl (C=O) groups is 2. The quantitative estimate of drug-likeness (QED) is 0.600. The number of ether oxygens (including phenoxy) is 1. The van der Waals surface area contributed by atoms with Crippen LogP contribution in [0.25, 0.3) is 11.0 Å². The minimum Gasteiger partial charge on any atom is -0.480 e. The van der Waals surface area contributed by atoms with E-state index in [2.05, 4.69) is 20.0 Å². The van der Waals surface area contributed by atoms with Gasteiger partial charge in [-0.15, -0.1) is 0 Å². The molecule has 0 radical (unpaired) electrons. The molecule has 100 valence electrons. The Bertz CT molecular complexity index is 672. The number of carbonyl (C=O) groups excluding carboxylic acids is 1. The first-order valence-electron chi connectivity index (χ1n) is 5.36. The zero-order valence-electron chi connectivity index (χ0n) is 9.73. The molecule has 0 bridgehead atoms. The van der Waals surface area contributed by atoms with Crippen LogP contribution in [0.4, 0.5) is 5.69 Å². The molecule has 8 nitrogen and oxygen atoms in total. The van der Waals surface area contributed by atoms with Crippen LogP contribution in [-0.4, -0.2) is 40.2 Å². The zero-order valence-corrected chi connectivity index (χ0v) is 9.73. The third-order valence-corrected chi connectivity index (χ3v) is 2.26. The summed E-state index contributed by atoms with van der Waals surface area (Å²) in [5.74, 6) is -1.61. The fraction of sp³-hybridized carbons (Fsp3) is 0.182. The number of amides is 1. The van der Waals surface area contributed by atoms with Gasteiger partial charge in [-0.2, -0.15) is 0 Å². The lowest BCUT2D eigenvalue weighted by atomic mass is 10.3. The van der Waals surface area contributed by atoms with Crippen molar-refractivity contribution in [3.63, 3.8) is 0 Å². The second-order valence-corrected chi connectivity index (χ2v) is 3.77. The van der Waals surface area contributed by atoms with Gasteiger partial charge in [-0.1, -0.05) is 0 Å². The highest BCUT2D eigenvalue weighted by Gasteiger charge is 2.06. The smallest absolute Gasteiger partial charge is 0.329 e. The van der Waals surface area contributed by atoms with Crippen LogP contribution >= 0.6 is 0 Å². The highest BCUT2D eigenvalue weighted by molar-refractivity contribution is 5.93. The first-order chi connectivity index (χ1) is 9.04. The number of aliphatic carboxylic acids is 1. The van der Waals surface area contributed by atoms with E-state index in [0.29, 0.717) is 16.7 Å². The lowest BCUT2D eigenvalue weighted by Gasteiger charge is -2.05. The van der Waals surface area contributed by atoms with Crippen LogP contribution in [0.3, 0.4) is 0 Å². The molecule has 1 amide bonds. The molecule has 0 atom stereocenters. The van der Waals surface area contributed by atoms with E-state index in [-0.39, 0.29) is 12.3 Å². The number of fused-ring (bicyclic) bond motifs is 1. The van der Waals surface area contributed by atoms with Gasteiger partial charge in [-0.05, 0) is 18.2 Å². The molecule has 8 heteroatoms. The van der Waals surface area contributed by atoms with E-state index in [0.717, 1.165) is 0 Å². The Labute approximate surface area is 106 Å². The molecule has 2 aromatic rings. The summed E-state index contributed by atoms with van der Waals surface area (Å²) in [7, 11) is 0. The number of nitrogens with one attached hydrogen (secondary N) is 3. The normalized spacial score (nSPS) is 10.5. The molecule has 4 N–H and O–H groups in total. The molecule has 1 aromatic heterocycles. The average Bonchev–Trinajstić information content (AvgIpc) is 2.67. The van der Waals surface area contributed by atoms with E-state index >= 15 is 0 Å². The first kappa shape index (κ1) is 12.8. The van der Waals surface area contributed by atoms with E-state index in [9.17, 15) is 14.4 Å². The van der Waals surface area contributed by atoms with Gasteiger partial charge in [0.05, 0.1) is 11.0 Å². The summed E-state index contributed by atoms with van der Waals surface area (Å²) in [4.78, 5) is 37.8. The van der Waals surface area contributed by atoms with Crippen LogP contribution in [0.15, 0.2) is 23.0 Å². The SMILES string of the molecule is O=C(O)COCC(=O)Nc1ccc2[nH]c(=O)[nH]c2c1. The number of H-pyrrole nitrogens is 2. The molecule has 0 saturated carbocycles. The van der Waals surface area contributed by atoms with Gasteiger partial charge >= 0.3 is 11.7 Å². The molecule has 0 unspecified atom stereocenters. The number of rotatable bonds is 5. The van der Waals surface area contributed by atoms with Crippen molar-refractivity contribution in [1.82, 2.24) is 9.97 Å². The van der Waals surface area contributed by atoms with Crippen LogP contribution in [0.5, 0.6) is 0 Å². The number of hydrogen-bond acceptors (Lipinski definition) is 4. The lowest BCUT2D eigenvalue weighted by Crippen LogP contribution is -2.20. The van der Waals surface area contributed by atoms with Gasteiger partial charge in [0.2, 0.25) is 5.91 Å². The Morgan fingerprint density at radius 1 is 1.21 bits per heavy atom. The first-order valence-corrected chi connectivity index (χ1v) is 5.36. The minimum absolute atomic E-state index is 0.330. The second-order valence-electron chi connectivity index (χ2n) is 3.77. The fourth-order valence-corrected chi connectivity index (χ4v) is 1.54. The maximum Gasteiger partial charge on any atom is 0.329 e. The van der Waals surface area contributed by atoms with E-state index in [4.69, 9.17) is 5.11 Å². The van der Waals surface area contributed by atoms with Crippen molar-refractivity contribution in [2.45, 2.75) is 0 Å². The fourth-order valence-electron chi connectivity index (χ4n) is 1.54. The summed E-state index contributed by atoms with van der Waals surface area (Å²) in [6.45, 7) is -0.883. The van der Waals surface area contributed by atoms with Crippen LogP contribution in [0, 0.1) is 0 Å². The maximum atomic E-state index is 11.4. The van der Waals surface area contributed by atoms with Gasteiger partial charge in [0.25, 0.3) is 0 Å². The molecule has 0 saturated heterocycles. The predicted octanol–water partition coefficient (Wildman–Crippen LogP) is -0.104. The Kier molecular flexibility index (Phi) is 3.62. The summed E-state index contributed by atoms with van der Waals surface area (Å²) < 4.78 is 4.65. The monoisotopic (exact) mass is 265 g/mol.